The molecule has 9 heteroatoms. The van der Waals surface area contributed by atoms with E-state index in [1.54, 1.807) is 38.5 Å². The van der Waals surface area contributed by atoms with Crippen LogP contribution >= 0.6 is 0 Å². The number of ether oxygens (including phenoxy) is 3. The van der Waals surface area contributed by atoms with Gasteiger partial charge in [-0.15, -0.1) is 0 Å². The van der Waals surface area contributed by atoms with E-state index in [2.05, 4.69) is 10.3 Å². The molecule has 0 aliphatic heterocycles. The largest absolute Gasteiger partial charge is 0.497 e. The summed E-state index contributed by atoms with van der Waals surface area (Å²) < 4.78 is 15.7. The van der Waals surface area contributed by atoms with E-state index in [-0.39, 0.29) is 18.3 Å². The average Bonchev–Trinajstić information content (AvgIpc) is 2.75. The average molecular weight is 401 g/mol. The highest BCUT2D eigenvalue weighted by atomic mass is 16.6. The van der Waals surface area contributed by atoms with Crippen molar-refractivity contribution in [3.63, 3.8) is 0 Å². The number of hydrogen-bond acceptors (Lipinski definition) is 8. The van der Waals surface area contributed by atoms with Crippen molar-refractivity contribution in [3.8, 4) is 11.5 Å². The summed E-state index contributed by atoms with van der Waals surface area (Å²) in [5, 5.41) is 13.8. The molecule has 0 saturated carbocycles. The number of rotatable bonds is 10. The van der Waals surface area contributed by atoms with Gasteiger partial charge in [-0.2, -0.15) is 0 Å². The van der Waals surface area contributed by atoms with Gasteiger partial charge < -0.3 is 19.5 Å². The monoisotopic (exact) mass is 401 g/mol. The standard InChI is InChI=1S/C20H23N3O6/c1-4-15(22-19-9-6-16(12-21-19)23(25)26)13-29-20(24)10-5-14-11-17(27-2)7-8-18(14)28-3/h5-12,15H,4,13H2,1-3H3,(H,21,22)/b10-5+. The minimum atomic E-state index is -0.514. The molecule has 0 radical (unpaired) electrons. The highest BCUT2D eigenvalue weighted by Gasteiger charge is 2.11. The Bertz CT molecular complexity index is 867. The first kappa shape index (κ1) is 21.7. The molecule has 2 aromatic rings. The maximum absolute atomic E-state index is 12.1. The Morgan fingerprint density at radius 2 is 2.07 bits per heavy atom. The van der Waals surface area contributed by atoms with Gasteiger partial charge in [0.15, 0.2) is 0 Å². The van der Waals surface area contributed by atoms with E-state index < -0.39 is 10.9 Å². The zero-order valence-electron chi connectivity index (χ0n) is 16.5. The summed E-state index contributed by atoms with van der Waals surface area (Å²) >= 11 is 0. The van der Waals surface area contributed by atoms with Crippen molar-refractivity contribution in [3.05, 3.63) is 58.3 Å². The summed E-state index contributed by atoms with van der Waals surface area (Å²) in [5.74, 6) is 1.21. The normalized spacial score (nSPS) is 11.7. The van der Waals surface area contributed by atoms with Crippen molar-refractivity contribution < 1.29 is 23.9 Å². The Kier molecular flexibility index (Phi) is 7.96. The van der Waals surface area contributed by atoms with Crippen molar-refractivity contribution in [1.82, 2.24) is 4.98 Å². The summed E-state index contributed by atoms with van der Waals surface area (Å²) in [6.07, 6.45) is 4.74. The fraction of sp³-hybridized carbons (Fsp3) is 0.300. The summed E-state index contributed by atoms with van der Waals surface area (Å²) in [7, 11) is 3.10. The quantitative estimate of drug-likeness (QED) is 0.279. The first-order valence-corrected chi connectivity index (χ1v) is 8.90. The number of carbonyl (C=O) groups is 1. The number of carbonyl (C=O) groups excluding carboxylic acids is 1. The molecular weight excluding hydrogens is 378 g/mol. The van der Waals surface area contributed by atoms with Gasteiger partial charge in [0.2, 0.25) is 0 Å². The molecule has 0 saturated heterocycles. The number of nitrogens with zero attached hydrogens (tertiary/aromatic N) is 2. The number of anilines is 1. The Labute approximate surface area is 168 Å². The molecule has 154 valence electrons. The number of methoxy groups -OCH3 is 2. The second kappa shape index (κ2) is 10.6. The Balaban J connectivity index is 1.93. The van der Waals surface area contributed by atoms with Crippen LogP contribution in [-0.2, 0) is 9.53 Å². The third-order valence-electron chi connectivity index (χ3n) is 4.07. The minimum absolute atomic E-state index is 0.0897. The van der Waals surface area contributed by atoms with Crippen molar-refractivity contribution in [2.24, 2.45) is 0 Å². The lowest BCUT2D eigenvalue weighted by atomic mass is 10.1. The van der Waals surface area contributed by atoms with E-state index in [9.17, 15) is 14.9 Å². The molecule has 1 atom stereocenters. The van der Waals surface area contributed by atoms with E-state index in [1.807, 2.05) is 6.92 Å². The van der Waals surface area contributed by atoms with E-state index in [4.69, 9.17) is 14.2 Å². The van der Waals surface area contributed by atoms with Gasteiger partial charge in [0.05, 0.1) is 25.2 Å². The molecule has 0 spiro atoms. The molecule has 0 bridgehead atoms. The highest BCUT2D eigenvalue weighted by Crippen LogP contribution is 2.25. The first-order chi connectivity index (χ1) is 14.0. The lowest BCUT2D eigenvalue weighted by Gasteiger charge is -2.17. The Morgan fingerprint density at radius 3 is 2.66 bits per heavy atom. The van der Waals surface area contributed by atoms with E-state index in [1.165, 1.54) is 24.4 Å². The number of nitrogens with one attached hydrogen (secondary N) is 1. The summed E-state index contributed by atoms with van der Waals surface area (Å²) in [6, 6.07) is 7.94. The van der Waals surface area contributed by atoms with Crippen LogP contribution in [0.3, 0.4) is 0 Å². The molecule has 0 aliphatic rings. The zero-order chi connectivity index (χ0) is 21.2. The molecule has 1 aromatic carbocycles. The molecule has 0 fully saturated rings. The Hall–Kier alpha value is -3.62. The molecule has 1 aromatic heterocycles. The van der Waals surface area contributed by atoms with Gasteiger partial charge in [-0.1, -0.05) is 6.92 Å². The number of esters is 1. The number of hydrogen-bond donors (Lipinski definition) is 1. The Morgan fingerprint density at radius 1 is 1.28 bits per heavy atom. The van der Waals surface area contributed by atoms with Gasteiger partial charge in [0.25, 0.3) is 5.69 Å². The topological polar surface area (TPSA) is 113 Å². The number of aromatic nitrogens is 1. The molecule has 1 heterocycles. The second-order valence-electron chi connectivity index (χ2n) is 5.98. The van der Waals surface area contributed by atoms with Crippen LogP contribution in [0.5, 0.6) is 11.5 Å². The molecular formula is C20H23N3O6. The fourth-order valence-electron chi connectivity index (χ4n) is 2.41. The molecule has 0 aliphatic carbocycles. The van der Waals surface area contributed by atoms with E-state index >= 15 is 0 Å². The van der Waals surface area contributed by atoms with Gasteiger partial charge in [0, 0.05) is 17.7 Å². The van der Waals surface area contributed by atoms with Gasteiger partial charge in [-0.25, -0.2) is 9.78 Å². The third kappa shape index (κ3) is 6.49. The smallest absolute Gasteiger partial charge is 0.330 e. The fourth-order valence-corrected chi connectivity index (χ4v) is 2.41. The summed E-state index contributed by atoms with van der Waals surface area (Å²) in [6.45, 7) is 2.04. The SMILES string of the molecule is CCC(COC(=O)/C=C/c1cc(OC)ccc1OC)Nc1ccc([N+](=O)[O-])cn1. The van der Waals surface area contributed by atoms with E-state index in [0.29, 0.717) is 29.3 Å². The van der Waals surface area contributed by atoms with Crippen LogP contribution in [0.15, 0.2) is 42.6 Å². The van der Waals surface area contributed by atoms with Crippen LogP contribution in [-0.4, -0.2) is 42.7 Å². The lowest BCUT2D eigenvalue weighted by molar-refractivity contribution is -0.385. The van der Waals surface area contributed by atoms with Crippen LogP contribution in [0.2, 0.25) is 0 Å². The van der Waals surface area contributed by atoms with Crippen molar-refractivity contribution in [2.45, 2.75) is 19.4 Å². The molecule has 1 unspecified atom stereocenters. The van der Waals surface area contributed by atoms with Crippen molar-refractivity contribution >= 4 is 23.6 Å². The molecule has 29 heavy (non-hydrogen) atoms. The maximum Gasteiger partial charge on any atom is 0.330 e. The van der Waals surface area contributed by atoms with Crippen LogP contribution in [0.1, 0.15) is 18.9 Å². The molecule has 1 N–H and O–H groups in total. The van der Waals surface area contributed by atoms with Crippen LogP contribution in [0, 0.1) is 10.1 Å². The summed E-state index contributed by atoms with van der Waals surface area (Å²) in [5.41, 5.74) is 0.595. The van der Waals surface area contributed by atoms with Crippen LogP contribution < -0.4 is 14.8 Å². The van der Waals surface area contributed by atoms with Gasteiger partial charge in [-0.05, 0) is 36.8 Å². The van der Waals surface area contributed by atoms with Crippen molar-refractivity contribution in [2.75, 3.05) is 26.1 Å². The van der Waals surface area contributed by atoms with Crippen LogP contribution in [0.4, 0.5) is 11.5 Å². The minimum Gasteiger partial charge on any atom is -0.497 e. The zero-order valence-corrected chi connectivity index (χ0v) is 16.5. The number of nitro groups is 1. The predicted molar refractivity (Wildman–Crippen MR) is 108 cm³/mol. The highest BCUT2D eigenvalue weighted by molar-refractivity contribution is 5.87. The van der Waals surface area contributed by atoms with Crippen molar-refractivity contribution in [1.29, 1.82) is 0 Å². The third-order valence-corrected chi connectivity index (χ3v) is 4.07. The lowest BCUT2D eigenvalue weighted by Crippen LogP contribution is -2.26. The van der Waals surface area contributed by atoms with E-state index in [0.717, 1.165) is 0 Å². The molecule has 9 nitrogen and oxygen atoms in total. The number of pyridine rings is 1. The maximum atomic E-state index is 12.1. The van der Waals surface area contributed by atoms with Gasteiger partial charge >= 0.3 is 5.97 Å². The second-order valence-corrected chi connectivity index (χ2v) is 5.98. The van der Waals surface area contributed by atoms with Gasteiger partial charge in [0.1, 0.15) is 30.1 Å². The molecule has 2 rings (SSSR count). The van der Waals surface area contributed by atoms with Gasteiger partial charge in [-0.3, -0.25) is 10.1 Å². The summed E-state index contributed by atoms with van der Waals surface area (Å²) in [4.78, 5) is 26.2. The number of benzene rings is 1. The first-order valence-electron chi connectivity index (χ1n) is 8.90. The molecule has 0 amide bonds. The van der Waals surface area contributed by atoms with Crippen LogP contribution in [0.25, 0.3) is 6.08 Å². The predicted octanol–water partition coefficient (Wildman–Crippen LogP) is 3.45.